The van der Waals surface area contributed by atoms with Gasteiger partial charge in [-0.05, 0) is 73.4 Å². The van der Waals surface area contributed by atoms with Gasteiger partial charge < -0.3 is 4.90 Å². The van der Waals surface area contributed by atoms with Gasteiger partial charge in [0.05, 0.1) is 6.10 Å². The molecular weight excluding hydrogens is 260 g/mol. The zero-order valence-corrected chi connectivity index (χ0v) is 15.1. The monoisotopic (exact) mass is 296 g/mol. The fourth-order valence-electron chi connectivity index (χ4n) is 4.72. The third-order valence-electron chi connectivity index (χ3n) is 5.11. The van der Waals surface area contributed by atoms with Crippen molar-refractivity contribution in [1.82, 2.24) is 9.96 Å². The first-order valence-electron chi connectivity index (χ1n) is 8.82. The van der Waals surface area contributed by atoms with Gasteiger partial charge in [0.15, 0.2) is 0 Å². The smallest absolute Gasteiger partial charge is 0.0793 e. The van der Waals surface area contributed by atoms with Crippen molar-refractivity contribution in [3.63, 3.8) is 0 Å². The Bertz CT molecular complexity index is 314. The first-order valence-corrected chi connectivity index (χ1v) is 8.82. The molecule has 1 saturated carbocycles. The lowest BCUT2D eigenvalue weighted by atomic mass is 9.75. The molecule has 2 rings (SSSR count). The maximum Gasteiger partial charge on any atom is 0.0793 e. The number of hydrogen-bond acceptors (Lipinski definition) is 3. The predicted molar refractivity (Wildman–Crippen MR) is 89.2 cm³/mol. The van der Waals surface area contributed by atoms with Crippen LogP contribution in [0.15, 0.2) is 0 Å². The van der Waals surface area contributed by atoms with Crippen LogP contribution in [0.2, 0.25) is 0 Å². The van der Waals surface area contributed by atoms with E-state index in [9.17, 15) is 0 Å². The van der Waals surface area contributed by atoms with E-state index in [0.29, 0.717) is 6.10 Å². The average molecular weight is 296 g/mol. The Morgan fingerprint density at radius 2 is 1.48 bits per heavy atom. The van der Waals surface area contributed by atoms with E-state index in [1.54, 1.807) is 0 Å². The van der Waals surface area contributed by atoms with Gasteiger partial charge in [0.25, 0.3) is 0 Å². The zero-order valence-electron chi connectivity index (χ0n) is 15.1. The molecule has 2 fully saturated rings. The van der Waals surface area contributed by atoms with Gasteiger partial charge in [0.2, 0.25) is 0 Å². The van der Waals surface area contributed by atoms with Crippen LogP contribution in [-0.4, -0.2) is 47.8 Å². The Hall–Kier alpha value is -0.120. The first kappa shape index (κ1) is 17.2. The van der Waals surface area contributed by atoms with Gasteiger partial charge in [0, 0.05) is 17.6 Å². The van der Waals surface area contributed by atoms with Crippen LogP contribution in [0.1, 0.15) is 72.6 Å². The lowest BCUT2D eigenvalue weighted by Crippen LogP contribution is -2.62. The first-order chi connectivity index (χ1) is 9.71. The molecule has 124 valence electrons. The number of hydroxylamine groups is 2. The van der Waals surface area contributed by atoms with Gasteiger partial charge in [-0.1, -0.05) is 19.3 Å². The van der Waals surface area contributed by atoms with Crippen LogP contribution in [0.5, 0.6) is 0 Å². The molecule has 0 radical (unpaired) electrons. The molecule has 0 atom stereocenters. The van der Waals surface area contributed by atoms with Gasteiger partial charge >= 0.3 is 0 Å². The quantitative estimate of drug-likeness (QED) is 0.777. The van der Waals surface area contributed by atoms with Gasteiger partial charge in [0.1, 0.15) is 0 Å². The highest BCUT2D eigenvalue weighted by atomic mass is 16.7. The maximum atomic E-state index is 6.54. The van der Waals surface area contributed by atoms with Crippen molar-refractivity contribution in [2.45, 2.75) is 89.8 Å². The molecule has 0 bridgehead atoms. The van der Waals surface area contributed by atoms with Crippen LogP contribution < -0.4 is 0 Å². The summed E-state index contributed by atoms with van der Waals surface area (Å²) in [5.41, 5.74) is 0.250. The van der Waals surface area contributed by atoms with E-state index in [-0.39, 0.29) is 11.1 Å². The normalized spacial score (nSPS) is 28.1. The van der Waals surface area contributed by atoms with E-state index in [4.69, 9.17) is 4.84 Å². The minimum atomic E-state index is 0.125. The third-order valence-corrected chi connectivity index (χ3v) is 5.11. The molecule has 0 spiro atoms. The molecule has 0 N–H and O–H groups in total. The summed E-state index contributed by atoms with van der Waals surface area (Å²) in [7, 11) is 4.37. The van der Waals surface area contributed by atoms with E-state index in [0.717, 1.165) is 5.92 Å². The summed E-state index contributed by atoms with van der Waals surface area (Å²) < 4.78 is 0. The van der Waals surface area contributed by atoms with Crippen molar-refractivity contribution < 1.29 is 4.84 Å². The highest BCUT2D eigenvalue weighted by Crippen LogP contribution is 2.42. The summed E-state index contributed by atoms with van der Waals surface area (Å²) in [4.78, 5) is 8.86. The Balaban J connectivity index is 2.05. The highest BCUT2D eigenvalue weighted by molar-refractivity contribution is 4.97. The molecule has 0 aromatic carbocycles. The van der Waals surface area contributed by atoms with E-state index in [1.807, 2.05) is 0 Å². The highest BCUT2D eigenvalue weighted by Gasteiger charge is 2.47. The molecule has 2 aliphatic rings. The molecule has 1 saturated heterocycles. The van der Waals surface area contributed by atoms with Crippen LogP contribution in [0.4, 0.5) is 0 Å². The summed E-state index contributed by atoms with van der Waals surface area (Å²) in [5.74, 6) is 0.760. The van der Waals surface area contributed by atoms with Crippen LogP contribution in [0.3, 0.4) is 0 Å². The predicted octanol–water partition coefficient (Wildman–Crippen LogP) is 4.08. The minimum absolute atomic E-state index is 0.125. The molecule has 1 aliphatic heterocycles. The fraction of sp³-hybridized carbons (Fsp3) is 1.00. The van der Waals surface area contributed by atoms with Crippen molar-refractivity contribution in [3.8, 4) is 0 Å². The molecule has 0 unspecified atom stereocenters. The Labute approximate surface area is 132 Å². The number of hydrogen-bond donors (Lipinski definition) is 0. The summed E-state index contributed by atoms with van der Waals surface area (Å²) in [6.45, 7) is 10.6. The van der Waals surface area contributed by atoms with Crippen molar-refractivity contribution in [1.29, 1.82) is 0 Å². The molecule has 3 nitrogen and oxygen atoms in total. The van der Waals surface area contributed by atoms with E-state index < -0.39 is 0 Å². The lowest BCUT2D eigenvalue weighted by Gasteiger charge is -2.55. The van der Waals surface area contributed by atoms with Crippen LogP contribution in [0, 0.1) is 5.92 Å². The van der Waals surface area contributed by atoms with Gasteiger partial charge in [-0.15, -0.1) is 0 Å². The summed E-state index contributed by atoms with van der Waals surface area (Å²) in [5, 5.41) is 2.36. The zero-order chi connectivity index (χ0) is 15.7. The SMILES string of the molecule is CN(C)CC1CC(C)(C)N(OC2CCCCC2)C(C)(C)C1. The number of piperidine rings is 1. The van der Waals surface area contributed by atoms with Crippen LogP contribution >= 0.6 is 0 Å². The Morgan fingerprint density at radius 1 is 0.952 bits per heavy atom. The van der Waals surface area contributed by atoms with Crippen molar-refractivity contribution in [2.75, 3.05) is 20.6 Å². The summed E-state index contributed by atoms with van der Waals surface area (Å²) in [6, 6.07) is 0. The number of rotatable bonds is 4. The van der Waals surface area contributed by atoms with Crippen LogP contribution in [0.25, 0.3) is 0 Å². The van der Waals surface area contributed by atoms with E-state index >= 15 is 0 Å². The lowest BCUT2D eigenvalue weighted by molar-refractivity contribution is -0.314. The molecule has 1 aliphatic carbocycles. The molecule has 1 heterocycles. The topological polar surface area (TPSA) is 15.7 Å². The standard InChI is InChI=1S/C18H36N2O/c1-17(2)12-15(14-19(5)6)13-18(3,4)20(17)21-16-10-8-7-9-11-16/h15-16H,7-14H2,1-6H3. The molecule has 0 aromatic rings. The maximum absolute atomic E-state index is 6.54. The Morgan fingerprint density at radius 3 is 1.95 bits per heavy atom. The second-order valence-corrected chi connectivity index (χ2v) is 8.82. The summed E-state index contributed by atoms with van der Waals surface area (Å²) >= 11 is 0. The summed E-state index contributed by atoms with van der Waals surface area (Å²) in [6.07, 6.45) is 9.43. The van der Waals surface area contributed by atoms with Crippen molar-refractivity contribution in [3.05, 3.63) is 0 Å². The van der Waals surface area contributed by atoms with Crippen molar-refractivity contribution >= 4 is 0 Å². The second-order valence-electron chi connectivity index (χ2n) is 8.82. The third kappa shape index (κ3) is 4.43. The van der Waals surface area contributed by atoms with E-state index in [1.165, 1.54) is 51.5 Å². The van der Waals surface area contributed by atoms with Crippen LogP contribution in [-0.2, 0) is 4.84 Å². The van der Waals surface area contributed by atoms with Crippen molar-refractivity contribution in [2.24, 2.45) is 5.92 Å². The van der Waals surface area contributed by atoms with Gasteiger partial charge in [-0.25, -0.2) is 0 Å². The minimum Gasteiger partial charge on any atom is -0.309 e. The van der Waals surface area contributed by atoms with E-state index in [2.05, 4.69) is 51.8 Å². The average Bonchev–Trinajstić information content (AvgIpc) is 2.33. The molecule has 3 heteroatoms. The molecular formula is C18H36N2O. The van der Waals surface area contributed by atoms with Gasteiger partial charge in [-0.3, -0.25) is 4.84 Å². The molecule has 0 aromatic heterocycles. The number of nitrogens with zero attached hydrogens (tertiary/aromatic N) is 2. The molecule has 21 heavy (non-hydrogen) atoms. The molecule has 0 amide bonds. The second kappa shape index (κ2) is 6.55. The Kier molecular flexibility index (Phi) is 5.38. The fourth-order valence-corrected chi connectivity index (χ4v) is 4.72. The van der Waals surface area contributed by atoms with Gasteiger partial charge in [-0.2, -0.15) is 5.06 Å². The largest absolute Gasteiger partial charge is 0.309 e.